The van der Waals surface area contributed by atoms with Crippen LogP contribution in [0.5, 0.6) is 0 Å². The van der Waals surface area contributed by atoms with Crippen LogP contribution < -0.4 is 5.32 Å². The summed E-state index contributed by atoms with van der Waals surface area (Å²) in [6, 6.07) is 0.561. The maximum atomic E-state index is 11.5. The molecule has 0 radical (unpaired) electrons. The average molecular weight is 227 g/mol. The lowest BCUT2D eigenvalue weighted by Crippen LogP contribution is -2.33. The Morgan fingerprint density at radius 1 is 1.25 bits per heavy atom. The van der Waals surface area contributed by atoms with Crippen molar-refractivity contribution < 1.29 is 14.3 Å². The van der Waals surface area contributed by atoms with E-state index in [0.29, 0.717) is 12.6 Å². The number of esters is 1. The minimum absolute atomic E-state index is 0.0622. The van der Waals surface area contributed by atoms with Crippen LogP contribution in [0.3, 0.4) is 0 Å². The summed E-state index contributed by atoms with van der Waals surface area (Å²) in [4.78, 5) is 11.5. The second-order valence-electron chi connectivity index (χ2n) is 4.79. The highest BCUT2D eigenvalue weighted by atomic mass is 16.5. The van der Waals surface area contributed by atoms with Crippen molar-refractivity contribution in [2.24, 2.45) is 0 Å². The smallest absolute Gasteiger partial charge is 0.320 e. The van der Waals surface area contributed by atoms with Crippen LogP contribution in [0.2, 0.25) is 0 Å². The minimum Gasteiger partial charge on any atom is -0.461 e. The van der Waals surface area contributed by atoms with E-state index in [-0.39, 0.29) is 18.2 Å². The predicted octanol–water partition coefficient (Wildman–Crippen LogP) is 1.24. The molecule has 2 atom stereocenters. The third kappa shape index (κ3) is 3.76. The van der Waals surface area contributed by atoms with Gasteiger partial charge in [0, 0.05) is 19.6 Å². The van der Waals surface area contributed by atoms with E-state index in [1.165, 1.54) is 12.8 Å². The molecule has 16 heavy (non-hydrogen) atoms. The van der Waals surface area contributed by atoms with Crippen molar-refractivity contribution in [3.8, 4) is 0 Å². The van der Waals surface area contributed by atoms with Crippen molar-refractivity contribution in [2.45, 2.75) is 56.8 Å². The van der Waals surface area contributed by atoms with E-state index in [9.17, 15) is 4.79 Å². The molecule has 1 N–H and O–H groups in total. The zero-order chi connectivity index (χ0) is 11.4. The predicted molar refractivity (Wildman–Crippen MR) is 60.2 cm³/mol. The second-order valence-corrected chi connectivity index (χ2v) is 4.79. The minimum atomic E-state index is -0.117. The van der Waals surface area contributed by atoms with E-state index >= 15 is 0 Å². The molecule has 2 rings (SSSR count). The number of hydrogen-bond donors (Lipinski definition) is 1. The molecule has 92 valence electrons. The molecule has 2 aliphatic rings. The molecular weight excluding hydrogens is 206 g/mol. The van der Waals surface area contributed by atoms with Crippen LogP contribution in [0, 0.1) is 0 Å². The lowest BCUT2D eigenvalue weighted by molar-refractivity contribution is -0.151. The van der Waals surface area contributed by atoms with Gasteiger partial charge in [-0.05, 0) is 32.1 Å². The molecule has 4 heteroatoms. The first-order valence-corrected chi connectivity index (χ1v) is 6.23. The van der Waals surface area contributed by atoms with Gasteiger partial charge < -0.3 is 14.8 Å². The molecule has 0 aromatic carbocycles. The van der Waals surface area contributed by atoms with Crippen LogP contribution >= 0.6 is 0 Å². The molecule has 0 heterocycles. The molecule has 2 fully saturated rings. The maximum Gasteiger partial charge on any atom is 0.320 e. The third-order valence-electron chi connectivity index (χ3n) is 3.32. The zero-order valence-corrected chi connectivity index (χ0v) is 9.91. The van der Waals surface area contributed by atoms with Crippen molar-refractivity contribution in [1.29, 1.82) is 0 Å². The fourth-order valence-corrected chi connectivity index (χ4v) is 2.17. The first kappa shape index (κ1) is 11.9. The molecule has 0 spiro atoms. The number of ether oxygens (including phenoxy) is 2. The van der Waals surface area contributed by atoms with Gasteiger partial charge >= 0.3 is 5.97 Å². The molecule has 0 aromatic rings. The Kier molecular flexibility index (Phi) is 4.18. The average Bonchev–Trinajstić information content (AvgIpc) is 3.10. The van der Waals surface area contributed by atoms with Gasteiger partial charge in [-0.3, -0.25) is 4.79 Å². The van der Waals surface area contributed by atoms with Crippen LogP contribution in [0.15, 0.2) is 0 Å². The molecule has 2 saturated carbocycles. The summed E-state index contributed by atoms with van der Waals surface area (Å²) in [5.41, 5.74) is 0. The summed E-state index contributed by atoms with van der Waals surface area (Å²) in [6.45, 7) is 0.360. The van der Waals surface area contributed by atoms with Crippen molar-refractivity contribution in [3.63, 3.8) is 0 Å². The lowest BCUT2D eigenvalue weighted by atomic mass is 9.95. The molecule has 2 unspecified atom stereocenters. The molecule has 2 aliphatic carbocycles. The van der Waals surface area contributed by atoms with Crippen LogP contribution in [-0.4, -0.2) is 37.9 Å². The fourth-order valence-electron chi connectivity index (χ4n) is 2.17. The van der Waals surface area contributed by atoms with E-state index in [4.69, 9.17) is 9.47 Å². The largest absolute Gasteiger partial charge is 0.461 e. The van der Waals surface area contributed by atoms with E-state index in [1.807, 2.05) is 0 Å². The molecule has 0 aliphatic heterocycles. The van der Waals surface area contributed by atoms with Gasteiger partial charge in [-0.15, -0.1) is 0 Å². The summed E-state index contributed by atoms with van der Waals surface area (Å²) >= 11 is 0. The van der Waals surface area contributed by atoms with Gasteiger partial charge in [0.05, 0.1) is 12.6 Å². The van der Waals surface area contributed by atoms with Gasteiger partial charge in [-0.1, -0.05) is 0 Å². The molecule has 0 saturated heterocycles. The topological polar surface area (TPSA) is 47.6 Å². The number of hydrogen-bond acceptors (Lipinski definition) is 4. The summed E-state index contributed by atoms with van der Waals surface area (Å²) in [6.07, 6.45) is 6.73. The van der Waals surface area contributed by atoms with Gasteiger partial charge in [0.15, 0.2) is 0 Å². The Labute approximate surface area is 96.7 Å². The monoisotopic (exact) mass is 227 g/mol. The molecule has 0 bridgehead atoms. The third-order valence-corrected chi connectivity index (χ3v) is 3.32. The van der Waals surface area contributed by atoms with Crippen molar-refractivity contribution >= 4 is 5.97 Å². The first-order chi connectivity index (χ1) is 7.78. The summed E-state index contributed by atoms with van der Waals surface area (Å²) in [5, 5.41) is 3.17. The van der Waals surface area contributed by atoms with Gasteiger partial charge in [-0.25, -0.2) is 0 Å². The Bertz CT molecular complexity index is 240. The molecule has 0 amide bonds. The Morgan fingerprint density at radius 3 is 2.69 bits per heavy atom. The second kappa shape index (κ2) is 5.64. The first-order valence-electron chi connectivity index (χ1n) is 6.23. The maximum absolute atomic E-state index is 11.5. The highest BCUT2D eigenvalue weighted by Gasteiger charge is 2.26. The number of carbonyl (C=O) groups is 1. The summed E-state index contributed by atoms with van der Waals surface area (Å²) in [7, 11) is 1.73. The van der Waals surface area contributed by atoms with Crippen LogP contribution in [0.1, 0.15) is 38.5 Å². The normalized spacial score (nSPS) is 30.1. The zero-order valence-electron chi connectivity index (χ0n) is 9.91. The fraction of sp³-hybridized carbons (Fsp3) is 0.917. The van der Waals surface area contributed by atoms with E-state index in [1.54, 1.807) is 7.11 Å². The van der Waals surface area contributed by atoms with E-state index in [2.05, 4.69) is 5.32 Å². The number of nitrogens with one attached hydrogen (secondary N) is 1. The molecular formula is C12H21NO3. The molecule has 0 aromatic heterocycles. The van der Waals surface area contributed by atoms with Gasteiger partial charge in [0.2, 0.25) is 0 Å². The van der Waals surface area contributed by atoms with Crippen LogP contribution in [0.4, 0.5) is 0 Å². The van der Waals surface area contributed by atoms with Crippen molar-refractivity contribution in [3.05, 3.63) is 0 Å². The number of methoxy groups -OCH3 is 1. The van der Waals surface area contributed by atoms with Crippen molar-refractivity contribution in [2.75, 3.05) is 13.7 Å². The Morgan fingerprint density at radius 2 is 2.00 bits per heavy atom. The number of carbonyl (C=O) groups excluding carboxylic acids is 1. The highest BCUT2D eigenvalue weighted by molar-refractivity contribution is 5.71. The summed E-state index contributed by atoms with van der Waals surface area (Å²) in [5.74, 6) is -0.117. The number of rotatable bonds is 5. The SMILES string of the molecule is COC1CCCC(OC(=O)CNC2CC2)C1. The van der Waals surface area contributed by atoms with Crippen molar-refractivity contribution in [1.82, 2.24) is 5.32 Å². The standard InChI is InChI=1S/C12H21NO3/c1-15-10-3-2-4-11(7-10)16-12(14)8-13-9-5-6-9/h9-11,13H,2-8H2,1H3. The quantitative estimate of drug-likeness (QED) is 0.718. The highest BCUT2D eigenvalue weighted by Crippen LogP contribution is 2.23. The van der Waals surface area contributed by atoms with Gasteiger partial charge in [0.1, 0.15) is 6.10 Å². The Balaban J connectivity index is 1.64. The molecule has 4 nitrogen and oxygen atoms in total. The lowest BCUT2D eigenvalue weighted by Gasteiger charge is -2.27. The van der Waals surface area contributed by atoms with Gasteiger partial charge in [0.25, 0.3) is 0 Å². The van der Waals surface area contributed by atoms with Gasteiger partial charge in [-0.2, -0.15) is 0 Å². The summed E-state index contributed by atoms with van der Waals surface area (Å²) < 4.78 is 10.7. The van der Waals surface area contributed by atoms with Crippen LogP contribution in [0.25, 0.3) is 0 Å². The van der Waals surface area contributed by atoms with E-state index in [0.717, 1.165) is 25.7 Å². The van der Waals surface area contributed by atoms with Crippen LogP contribution in [-0.2, 0) is 14.3 Å². The Hall–Kier alpha value is -0.610. The van der Waals surface area contributed by atoms with E-state index < -0.39 is 0 Å².